The molecule has 1 N–H and O–H groups in total. The molecule has 1 aliphatic rings. The zero-order valence-corrected chi connectivity index (χ0v) is 13.7. The lowest BCUT2D eigenvalue weighted by molar-refractivity contribution is 0.185. The molecule has 122 valence electrons. The second kappa shape index (κ2) is 7.00. The van der Waals surface area contributed by atoms with Crippen molar-refractivity contribution in [2.75, 3.05) is 11.9 Å². The Balaban J connectivity index is 1.81. The van der Waals surface area contributed by atoms with Crippen LogP contribution in [0.3, 0.4) is 0 Å². The Morgan fingerprint density at radius 2 is 2.17 bits per heavy atom. The fourth-order valence-corrected chi connectivity index (χ4v) is 3.00. The smallest absolute Gasteiger partial charge is 0.322 e. The van der Waals surface area contributed by atoms with Gasteiger partial charge in [-0.15, -0.1) is 0 Å². The summed E-state index contributed by atoms with van der Waals surface area (Å²) in [7, 11) is 0. The van der Waals surface area contributed by atoms with Crippen LogP contribution in [0.2, 0.25) is 5.02 Å². The van der Waals surface area contributed by atoms with Crippen LogP contribution in [0.4, 0.5) is 10.5 Å². The molecule has 1 atom stereocenters. The van der Waals surface area contributed by atoms with Gasteiger partial charge in [0.25, 0.3) is 0 Å². The van der Waals surface area contributed by atoms with Crippen LogP contribution in [0.25, 0.3) is 0 Å². The summed E-state index contributed by atoms with van der Waals surface area (Å²) in [5.41, 5.74) is 0.603. The third-order valence-electron chi connectivity index (χ3n) is 3.97. The van der Waals surface area contributed by atoms with Crippen molar-refractivity contribution in [3.05, 3.63) is 41.0 Å². The van der Waals surface area contributed by atoms with E-state index < -0.39 is 0 Å². The molecule has 0 radical (unpaired) electrons. The third-order valence-corrected chi connectivity index (χ3v) is 4.30. The number of anilines is 1. The Kier molecular flexibility index (Phi) is 4.81. The van der Waals surface area contributed by atoms with Crippen LogP contribution in [-0.4, -0.2) is 27.6 Å². The normalized spacial score (nSPS) is 18.5. The van der Waals surface area contributed by atoms with Gasteiger partial charge in [0.1, 0.15) is 0 Å². The predicted octanol–water partition coefficient (Wildman–Crippen LogP) is 4.18. The summed E-state index contributed by atoms with van der Waals surface area (Å²) in [6, 6.07) is 6.84. The standard InChI is InChI=1S/C16H19ClN4O2/c1-11-18-15(20-23-11)14-9-3-2-6-10-21(14)16(22)19-13-8-5-4-7-12(13)17/h4-5,7-8,14H,2-3,6,9-10H2,1H3,(H,19,22)/t14-/m1/s1. The van der Waals surface area contributed by atoms with E-state index in [0.29, 0.717) is 29.0 Å². The second-order valence-corrected chi connectivity index (χ2v) is 6.05. The van der Waals surface area contributed by atoms with Gasteiger partial charge < -0.3 is 14.7 Å². The summed E-state index contributed by atoms with van der Waals surface area (Å²) in [5, 5.41) is 7.40. The van der Waals surface area contributed by atoms with Crippen molar-refractivity contribution in [2.24, 2.45) is 0 Å². The highest BCUT2D eigenvalue weighted by molar-refractivity contribution is 6.33. The maximum atomic E-state index is 12.7. The Morgan fingerprint density at radius 1 is 1.35 bits per heavy atom. The first-order chi connectivity index (χ1) is 11.1. The molecule has 3 rings (SSSR count). The number of amides is 2. The molecule has 7 heteroatoms. The Labute approximate surface area is 139 Å². The summed E-state index contributed by atoms with van der Waals surface area (Å²) in [5.74, 6) is 1.08. The molecular weight excluding hydrogens is 316 g/mol. The minimum atomic E-state index is -0.188. The van der Waals surface area contributed by atoms with E-state index in [1.54, 1.807) is 24.0 Å². The van der Waals surface area contributed by atoms with Gasteiger partial charge in [-0.05, 0) is 25.0 Å². The topological polar surface area (TPSA) is 71.3 Å². The third kappa shape index (κ3) is 3.64. The number of hydrogen-bond donors (Lipinski definition) is 1. The van der Waals surface area contributed by atoms with Crippen LogP contribution < -0.4 is 5.32 Å². The van der Waals surface area contributed by atoms with Crippen LogP contribution in [0.15, 0.2) is 28.8 Å². The zero-order valence-electron chi connectivity index (χ0n) is 13.0. The number of aromatic nitrogens is 2. The largest absolute Gasteiger partial charge is 0.340 e. The number of urea groups is 1. The number of para-hydroxylation sites is 1. The highest BCUT2D eigenvalue weighted by atomic mass is 35.5. The van der Waals surface area contributed by atoms with E-state index in [0.717, 1.165) is 25.7 Å². The van der Waals surface area contributed by atoms with Crippen molar-refractivity contribution < 1.29 is 9.32 Å². The number of carbonyl (C=O) groups excluding carboxylic acids is 1. The Hall–Kier alpha value is -2.08. The fourth-order valence-electron chi connectivity index (χ4n) is 2.82. The number of halogens is 1. The summed E-state index contributed by atoms with van der Waals surface area (Å²) in [4.78, 5) is 18.8. The number of benzene rings is 1. The van der Waals surface area contributed by atoms with E-state index in [4.69, 9.17) is 16.1 Å². The molecule has 1 aromatic heterocycles. The van der Waals surface area contributed by atoms with Gasteiger partial charge in [0.15, 0.2) is 5.82 Å². The molecule has 2 amide bonds. The molecule has 6 nitrogen and oxygen atoms in total. The van der Waals surface area contributed by atoms with Gasteiger partial charge in [-0.3, -0.25) is 0 Å². The van der Waals surface area contributed by atoms with Crippen molar-refractivity contribution in [3.8, 4) is 0 Å². The monoisotopic (exact) mass is 334 g/mol. The lowest BCUT2D eigenvalue weighted by Gasteiger charge is -2.28. The van der Waals surface area contributed by atoms with Gasteiger partial charge in [0, 0.05) is 13.5 Å². The molecule has 0 aliphatic carbocycles. The minimum absolute atomic E-state index is 0.169. The summed E-state index contributed by atoms with van der Waals surface area (Å²) >= 11 is 6.12. The Morgan fingerprint density at radius 3 is 2.91 bits per heavy atom. The van der Waals surface area contributed by atoms with Gasteiger partial charge >= 0.3 is 6.03 Å². The number of aryl methyl sites for hydroxylation is 1. The van der Waals surface area contributed by atoms with E-state index in [1.165, 1.54) is 0 Å². The lowest BCUT2D eigenvalue weighted by Crippen LogP contribution is -2.38. The number of carbonyl (C=O) groups is 1. The van der Waals surface area contributed by atoms with Crippen molar-refractivity contribution in [1.29, 1.82) is 0 Å². The summed E-state index contributed by atoms with van der Waals surface area (Å²) in [6.07, 6.45) is 3.91. The highest BCUT2D eigenvalue weighted by Crippen LogP contribution is 2.30. The zero-order chi connectivity index (χ0) is 16.2. The molecule has 1 saturated heterocycles. The van der Waals surface area contributed by atoms with E-state index >= 15 is 0 Å². The van der Waals surface area contributed by atoms with E-state index in [9.17, 15) is 4.79 Å². The van der Waals surface area contributed by atoms with Crippen molar-refractivity contribution >= 4 is 23.3 Å². The van der Waals surface area contributed by atoms with Gasteiger partial charge in [-0.1, -0.05) is 41.7 Å². The summed E-state index contributed by atoms with van der Waals surface area (Å²) < 4.78 is 5.08. The molecule has 23 heavy (non-hydrogen) atoms. The number of likely N-dealkylation sites (tertiary alicyclic amines) is 1. The van der Waals surface area contributed by atoms with Crippen LogP contribution in [0.1, 0.15) is 43.4 Å². The molecule has 0 saturated carbocycles. The maximum absolute atomic E-state index is 12.7. The molecule has 0 bridgehead atoms. The SMILES string of the molecule is Cc1nc([C@H]2CCCCCN2C(=O)Nc2ccccc2Cl)no1. The van der Waals surface area contributed by atoms with Crippen molar-refractivity contribution in [2.45, 2.75) is 38.6 Å². The molecule has 2 aromatic rings. The fraction of sp³-hybridized carbons (Fsp3) is 0.438. The molecule has 1 aromatic carbocycles. The first-order valence-electron chi connectivity index (χ1n) is 7.77. The highest BCUT2D eigenvalue weighted by Gasteiger charge is 2.30. The van der Waals surface area contributed by atoms with Gasteiger partial charge in [0.05, 0.1) is 16.8 Å². The van der Waals surface area contributed by atoms with Crippen LogP contribution in [0, 0.1) is 6.92 Å². The van der Waals surface area contributed by atoms with E-state index in [-0.39, 0.29) is 12.1 Å². The number of nitrogens with zero attached hydrogens (tertiary/aromatic N) is 3. The molecular formula is C16H19ClN4O2. The molecule has 2 heterocycles. The van der Waals surface area contributed by atoms with Gasteiger partial charge in [0.2, 0.25) is 5.89 Å². The first-order valence-corrected chi connectivity index (χ1v) is 8.15. The van der Waals surface area contributed by atoms with Crippen LogP contribution in [-0.2, 0) is 0 Å². The number of rotatable bonds is 2. The summed E-state index contributed by atoms with van der Waals surface area (Å²) in [6.45, 7) is 2.41. The molecule has 1 aliphatic heterocycles. The van der Waals surface area contributed by atoms with E-state index in [2.05, 4.69) is 15.5 Å². The number of nitrogens with one attached hydrogen (secondary N) is 1. The minimum Gasteiger partial charge on any atom is -0.340 e. The van der Waals surface area contributed by atoms with Gasteiger partial charge in [-0.2, -0.15) is 4.98 Å². The first kappa shape index (κ1) is 15.8. The van der Waals surface area contributed by atoms with Gasteiger partial charge in [-0.25, -0.2) is 4.79 Å². The van der Waals surface area contributed by atoms with Crippen LogP contribution >= 0.6 is 11.6 Å². The molecule has 1 fully saturated rings. The average Bonchev–Trinajstić information content (AvgIpc) is 2.82. The second-order valence-electron chi connectivity index (χ2n) is 5.64. The molecule has 0 unspecified atom stereocenters. The average molecular weight is 335 g/mol. The van der Waals surface area contributed by atoms with E-state index in [1.807, 2.05) is 12.1 Å². The Bertz CT molecular complexity index is 688. The number of hydrogen-bond acceptors (Lipinski definition) is 4. The van der Waals surface area contributed by atoms with Crippen LogP contribution in [0.5, 0.6) is 0 Å². The van der Waals surface area contributed by atoms with Crippen molar-refractivity contribution in [1.82, 2.24) is 15.0 Å². The predicted molar refractivity (Wildman–Crippen MR) is 87.4 cm³/mol. The lowest BCUT2D eigenvalue weighted by atomic mass is 10.1. The maximum Gasteiger partial charge on any atom is 0.322 e. The molecule has 0 spiro atoms. The quantitative estimate of drug-likeness (QED) is 0.894. The van der Waals surface area contributed by atoms with Crippen molar-refractivity contribution in [3.63, 3.8) is 0 Å².